The molecule has 12 heteroatoms. The number of phosphoric ester groups is 1. The van der Waals surface area contributed by atoms with Crippen LogP contribution in [0.2, 0.25) is 0 Å². The molecular formula is C46H77O11P. The Balaban J connectivity index is 2.31. The highest BCUT2D eigenvalue weighted by Gasteiger charge is 2.36. The quantitative estimate of drug-likeness (QED) is 0.0178. The summed E-state index contributed by atoms with van der Waals surface area (Å²) in [4.78, 5) is 35.0. The monoisotopic (exact) mass is 837 g/mol. The van der Waals surface area contributed by atoms with Gasteiger partial charge in [-0.1, -0.05) is 138 Å². The summed E-state index contributed by atoms with van der Waals surface area (Å²) in [6.07, 6.45) is 44.9. The number of allylic oxidation sites excluding steroid dienone is 10. The molecule has 0 aromatic rings. The number of phosphoric acid groups is 1. The summed E-state index contributed by atoms with van der Waals surface area (Å²) in [5.41, 5.74) is 0. The van der Waals surface area contributed by atoms with Crippen LogP contribution in [0.15, 0.2) is 72.9 Å². The van der Waals surface area contributed by atoms with Crippen molar-refractivity contribution in [3.63, 3.8) is 0 Å². The van der Waals surface area contributed by atoms with Crippen LogP contribution in [0, 0.1) is 0 Å². The largest absolute Gasteiger partial charge is 0.472 e. The lowest BCUT2D eigenvalue weighted by Crippen LogP contribution is -2.29. The van der Waals surface area contributed by atoms with E-state index in [4.69, 9.17) is 23.8 Å². The zero-order chi connectivity index (χ0) is 42.4. The normalized spacial score (nSPS) is 18.0. The van der Waals surface area contributed by atoms with Gasteiger partial charge in [0, 0.05) is 12.8 Å². The van der Waals surface area contributed by atoms with Crippen LogP contribution in [0.25, 0.3) is 0 Å². The third-order valence-corrected chi connectivity index (χ3v) is 10.2. The number of hydrogen-bond acceptors (Lipinski definition) is 10. The van der Waals surface area contributed by atoms with Gasteiger partial charge >= 0.3 is 19.8 Å². The minimum atomic E-state index is -4.65. The average Bonchev–Trinajstić information content (AvgIpc) is 3.97. The lowest BCUT2D eigenvalue weighted by molar-refractivity contribution is -0.161. The Morgan fingerprint density at radius 3 is 1.74 bits per heavy atom. The fraction of sp³-hybridized carbons (Fsp3) is 0.696. The molecule has 0 aromatic carbocycles. The van der Waals surface area contributed by atoms with Crippen molar-refractivity contribution in [2.24, 2.45) is 0 Å². The van der Waals surface area contributed by atoms with Crippen molar-refractivity contribution in [3.8, 4) is 0 Å². The number of carbonyl (C=O) groups excluding carboxylic acids is 2. The Kier molecular flexibility index (Phi) is 34.4. The van der Waals surface area contributed by atoms with Crippen LogP contribution in [0.1, 0.15) is 155 Å². The van der Waals surface area contributed by atoms with Crippen LogP contribution in [0.3, 0.4) is 0 Å². The highest BCUT2D eigenvalue weighted by Crippen LogP contribution is 2.43. The predicted molar refractivity (Wildman–Crippen MR) is 232 cm³/mol. The van der Waals surface area contributed by atoms with Gasteiger partial charge in [0.2, 0.25) is 0 Å². The molecule has 0 amide bonds. The first-order valence-electron chi connectivity index (χ1n) is 22.0. The number of ether oxygens (including phenoxy) is 3. The fourth-order valence-electron chi connectivity index (χ4n) is 5.76. The summed E-state index contributed by atoms with van der Waals surface area (Å²) in [7, 11) is -4.65. The topological polar surface area (TPSA) is 161 Å². The van der Waals surface area contributed by atoms with E-state index in [9.17, 15) is 24.2 Å². The molecule has 0 spiro atoms. The van der Waals surface area contributed by atoms with Crippen LogP contribution in [-0.4, -0.2) is 77.9 Å². The minimum absolute atomic E-state index is 0.0508. The number of epoxide rings is 1. The molecule has 0 radical (unpaired) electrons. The van der Waals surface area contributed by atoms with Crippen molar-refractivity contribution in [2.45, 2.75) is 180 Å². The molecule has 0 aliphatic carbocycles. The molecule has 1 saturated heterocycles. The minimum Gasteiger partial charge on any atom is -0.462 e. The summed E-state index contributed by atoms with van der Waals surface area (Å²) in [6, 6.07) is 0. The first-order chi connectivity index (χ1) is 28.2. The molecule has 58 heavy (non-hydrogen) atoms. The third-order valence-electron chi connectivity index (χ3n) is 9.26. The summed E-state index contributed by atoms with van der Waals surface area (Å²) >= 11 is 0. The van der Waals surface area contributed by atoms with Crippen molar-refractivity contribution in [1.29, 1.82) is 0 Å². The maximum Gasteiger partial charge on any atom is 0.472 e. The van der Waals surface area contributed by atoms with Crippen molar-refractivity contribution >= 4 is 19.8 Å². The Hall–Kier alpha value is -2.63. The number of esters is 2. The van der Waals surface area contributed by atoms with Crippen molar-refractivity contribution < 1.29 is 52.5 Å². The molecule has 0 aromatic heterocycles. The molecule has 332 valence electrons. The molecular weight excluding hydrogens is 759 g/mol. The van der Waals surface area contributed by atoms with E-state index in [-0.39, 0.29) is 19.4 Å². The van der Waals surface area contributed by atoms with Crippen LogP contribution in [0.4, 0.5) is 0 Å². The van der Waals surface area contributed by atoms with E-state index in [0.717, 1.165) is 77.0 Å². The molecule has 1 fully saturated rings. The van der Waals surface area contributed by atoms with Gasteiger partial charge in [-0.2, -0.15) is 0 Å². The second-order valence-corrected chi connectivity index (χ2v) is 16.2. The lowest BCUT2D eigenvalue weighted by atomic mass is 10.1. The molecule has 0 bridgehead atoms. The highest BCUT2D eigenvalue weighted by molar-refractivity contribution is 7.47. The van der Waals surface area contributed by atoms with E-state index in [1.165, 1.54) is 38.5 Å². The molecule has 1 aliphatic heterocycles. The summed E-state index contributed by atoms with van der Waals surface area (Å²) < 4.78 is 38.3. The molecule has 1 aliphatic rings. The third kappa shape index (κ3) is 34.3. The maximum atomic E-state index is 12.6. The summed E-state index contributed by atoms with van der Waals surface area (Å²) in [5, 5.41) is 18.3. The number of aliphatic hydroxyl groups excluding tert-OH is 2. The Labute approximate surface area is 350 Å². The van der Waals surface area contributed by atoms with Gasteiger partial charge in [-0.15, -0.1) is 0 Å². The van der Waals surface area contributed by atoms with E-state index in [2.05, 4.69) is 79.1 Å². The highest BCUT2D eigenvalue weighted by atomic mass is 31.2. The molecule has 3 N–H and O–H groups in total. The second kappa shape index (κ2) is 37.4. The van der Waals surface area contributed by atoms with E-state index >= 15 is 0 Å². The molecule has 5 atom stereocenters. The van der Waals surface area contributed by atoms with E-state index in [0.29, 0.717) is 25.0 Å². The van der Waals surface area contributed by atoms with Gasteiger partial charge in [-0.05, 0) is 77.0 Å². The van der Waals surface area contributed by atoms with Gasteiger partial charge in [-0.25, -0.2) is 4.57 Å². The van der Waals surface area contributed by atoms with Crippen molar-refractivity contribution in [3.05, 3.63) is 72.9 Å². The van der Waals surface area contributed by atoms with Crippen LogP contribution >= 0.6 is 7.82 Å². The number of unbranched alkanes of at least 4 members (excludes halogenated alkanes) is 11. The first kappa shape index (κ1) is 53.4. The molecule has 1 heterocycles. The van der Waals surface area contributed by atoms with Gasteiger partial charge < -0.3 is 29.3 Å². The van der Waals surface area contributed by atoms with Gasteiger partial charge in [0.25, 0.3) is 0 Å². The van der Waals surface area contributed by atoms with Gasteiger partial charge in [0.15, 0.2) is 6.10 Å². The van der Waals surface area contributed by atoms with Crippen LogP contribution in [0.5, 0.6) is 0 Å². The molecule has 0 saturated carbocycles. The number of aliphatic hydroxyl groups is 2. The zero-order valence-corrected chi connectivity index (χ0v) is 36.6. The fourth-order valence-corrected chi connectivity index (χ4v) is 6.55. The zero-order valence-electron chi connectivity index (χ0n) is 35.7. The molecule has 11 nitrogen and oxygen atoms in total. The van der Waals surface area contributed by atoms with Crippen LogP contribution < -0.4 is 0 Å². The standard InChI is InChI=1S/C46H77O11P/c1-3-5-7-8-9-10-11-12-13-14-18-21-24-27-31-35-45(49)53-39-42(40-55-58(51,52)54-38-41(48)37-47)56-46(50)36-32-28-25-22-19-16-15-17-20-23-26-30-34-44-43(57-44)33-29-6-4-2/h6,12-13,16-17,19-20,25-26,28-30,41-44,47-48H,3-5,7-11,14-15,18,21-24,27,31-40H2,1-2H3,(H,51,52)/b13-12-,19-16-,20-17-,28-25-,29-6-,30-26-/t41-,42+,43?,44?/m0/s1. The summed E-state index contributed by atoms with van der Waals surface area (Å²) in [6.45, 7) is 2.14. The maximum absolute atomic E-state index is 12.6. The van der Waals surface area contributed by atoms with Crippen LogP contribution in [-0.2, 0) is 37.4 Å². The molecule has 1 rings (SSSR count). The van der Waals surface area contributed by atoms with Crippen molar-refractivity contribution in [2.75, 3.05) is 26.4 Å². The number of rotatable bonds is 39. The van der Waals surface area contributed by atoms with Gasteiger partial charge in [0.05, 0.1) is 32.0 Å². The van der Waals surface area contributed by atoms with Gasteiger partial charge in [0.1, 0.15) is 12.7 Å². The number of carbonyl (C=O) groups is 2. The number of hydrogen-bond donors (Lipinski definition) is 3. The molecule has 3 unspecified atom stereocenters. The van der Waals surface area contributed by atoms with E-state index in [1.807, 2.05) is 12.2 Å². The van der Waals surface area contributed by atoms with E-state index < -0.39 is 51.8 Å². The van der Waals surface area contributed by atoms with Gasteiger partial charge in [-0.3, -0.25) is 18.6 Å². The summed E-state index contributed by atoms with van der Waals surface area (Å²) in [5.74, 6) is -1.04. The Morgan fingerprint density at radius 2 is 1.14 bits per heavy atom. The SMILES string of the molecule is CC/C=C\CC1OC1C/C=C\C/C=C\C/C=C\C/C=C\CCC(=O)O[C@H](COC(=O)CCCCCCC/C=C\CCCCCCCC)COP(=O)(O)OC[C@@H](O)CO. The first-order valence-corrected chi connectivity index (χ1v) is 23.5. The average molecular weight is 837 g/mol. The lowest BCUT2D eigenvalue weighted by Gasteiger charge is -2.20. The smallest absolute Gasteiger partial charge is 0.462 e. The van der Waals surface area contributed by atoms with E-state index in [1.54, 1.807) is 0 Å². The van der Waals surface area contributed by atoms with Crippen molar-refractivity contribution in [1.82, 2.24) is 0 Å². The second-order valence-electron chi connectivity index (χ2n) is 14.7. The predicted octanol–water partition coefficient (Wildman–Crippen LogP) is 10.7. The Morgan fingerprint density at radius 1 is 0.621 bits per heavy atom. The Bertz CT molecular complexity index is 1260.